The minimum Gasteiger partial charge on any atom is -0.491 e. The fraction of sp³-hybridized carbons (Fsp3) is 0.611. The lowest BCUT2D eigenvalue weighted by Gasteiger charge is -2.23. The van der Waals surface area contributed by atoms with Gasteiger partial charge < -0.3 is 15.4 Å². The zero-order valence-electron chi connectivity index (χ0n) is 13.7. The topological polar surface area (TPSA) is 50.4 Å². The molecule has 22 heavy (non-hydrogen) atoms. The molecule has 1 atom stereocenters. The zero-order chi connectivity index (χ0) is 15.8. The third-order valence-electron chi connectivity index (χ3n) is 4.17. The summed E-state index contributed by atoms with van der Waals surface area (Å²) in [5.74, 6) is 0.909. The molecule has 1 aliphatic rings. The lowest BCUT2D eigenvalue weighted by molar-refractivity contribution is -0.120. The SMILES string of the molecule is CCC(C)Oc1cccc(NCC(=O)NC2CCCCC2)c1. The summed E-state index contributed by atoms with van der Waals surface area (Å²) < 4.78 is 5.79. The number of anilines is 1. The maximum Gasteiger partial charge on any atom is 0.239 e. The Morgan fingerprint density at radius 3 is 2.82 bits per heavy atom. The molecule has 0 bridgehead atoms. The Labute approximate surface area is 133 Å². The lowest BCUT2D eigenvalue weighted by atomic mass is 9.95. The standard InChI is InChI=1S/C18H28N2O2/c1-3-14(2)22-17-11-7-10-16(12-17)19-13-18(21)20-15-8-5-4-6-9-15/h7,10-12,14-15,19H,3-6,8-9,13H2,1-2H3,(H,20,21). The molecule has 0 aromatic heterocycles. The Morgan fingerprint density at radius 2 is 2.09 bits per heavy atom. The molecule has 4 heteroatoms. The van der Waals surface area contributed by atoms with Crippen molar-refractivity contribution >= 4 is 11.6 Å². The van der Waals surface area contributed by atoms with E-state index in [-0.39, 0.29) is 12.0 Å². The van der Waals surface area contributed by atoms with Gasteiger partial charge in [0, 0.05) is 17.8 Å². The van der Waals surface area contributed by atoms with Gasteiger partial charge in [-0.2, -0.15) is 0 Å². The van der Waals surface area contributed by atoms with Gasteiger partial charge in [0.25, 0.3) is 0 Å². The van der Waals surface area contributed by atoms with Crippen LogP contribution in [0.25, 0.3) is 0 Å². The van der Waals surface area contributed by atoms with Crippen LogP contribution in [0.3, 0.4) is 0 Å². The molecule has 4 nitrogen and oxygen atoms in total. The molecule has 0 heterocycles. The number of carbonyl (C=O) groups excluding carboxylic acids is 1. The Morgan fingerprint density at radius 1 is 1.32 bits per heavy atom. The van der Waals surface area contributed by atoms with Crippen LogP contribution in [0.15, 0.2) is 24.3 Å². The van der Waals surface area contributed by atoms with E-state index in [1.54, 1.807) is 0 Å². The predicted molar refractivity (Wildman–Crippen MR) is 90.3 cm³/mol. The van der Waals surface area contributed by atoms with Crippen molar-refractivity contribution in [3.63, 3.8) is 0 Å². The molecule has 1 aromatic carbocycles. The summed E-state index contributed by atoms with van der Waals surface area (Å²) in [4.78, 5) is 12.0. The minimum absolute atomic E-state index is 0.0696. The lowest BCUT2D eigenvalue weighted by Crippen LogP contribution is -2.39. The first-order valence-corrected chi connectivity index (χ1v) is 8.47. The molecule has 1 unspecified atom stereocenters. The molecule has 2 rings (SSSR count). The van der Waals surface area contributed by atoms with Gasteiger partial charge in [0.05, 0.1) is 12.6 Å². The van der Waals surface area contributed by atoms with Crippen LogP contribution >= 0.6 is 0 Å². The molecule has 1 saturated carbocycles. The van der Waals surface area contributed by atoms with Crippen molar-refractivity contribution in [2.75, 3.05) is 11.9 Å². The molecule has 2 N–H and O–H groups in total. The van der Waals surface area contributed by atoms with Crippen molar-refractivity contribution in [2.24, 2.45) is 0 Å². The van der Waals surface area contributed by atoms with E-state index in [2.05, 4.69) is 24.5 Å². The number of nitrogens with one attached hydrogen (secondary N) is 2. The van der Waals surface area contributed by atoms with Gasteiger partial charge in [0.1, 0.15) is 5.75 Å². The first-order chi connectivity index (χ1) is 10.7. The van der Waals surface area contributed by atoms with Gasteiger partial charge in [-0.05, 0) is 38.3 Å². The number of carbonyl (C=O) groups is 1. The highest BCUT2D eigenvalue weighted by molar-refractivity contribution is 5.81. The third kappa shape index (κ3) is 5.58. The summed E-state index contributed by atoms with van der Waals surface area (Å²) in [5.41, 5.74) is 0.916. The second-order valence-electron chi connectivity index (χ2n) is 6.12. The molecule has 1 aromatic rings. The molecular weight excluding hydrogens is 276 g/mol. The molecule has 1 amide bonds. The summed E-state index contributed by atoms with van der Waals surface area (Å²) in [6, 6.07) is 8.15. The van der Waals surface area contributed by atoms with Crippen LogP contribution in [-0.2, 0) is 4.79 Å². The van der Waals surface area contributed by atoms with Crippen molar-refractivity contribution in [3.8, 4) is 5.75 Å². The second kappa shape index (κ2) is 8.66. The largest absolute Gasteiger partial charge is 0.491 e. The number of amides is 1. The molecule has 0 aliphatic heterocycles. The van der Waals surface area contributed by atoms with Gasteiger partial charge in [-0.3, -0.25) is 4.79 Å². The Hall–Kier alpha value is -1.71. The first-order valence-electron chi connectivity index (χ1n) is 8.47. The Kier molecular flexibility index (Phi) is 6.56. The van der Waals surface area contributed by atoms with Gasteiger partial charge in [-0.25, -0.2) is 0 Å². The monoisotopic (exact) mass is 304 g/mol. The quantitative estimate of drug-likeness (QED) is 0.807. The Bertz CT molecular complexity index is 470. The summed E-state index contributed by atoms with van der Waals surface area (Å²) in [6.07, 6.45) is 7.16. The average Bonchev–Trinajstić information content (AvgIpc) is 2.54. The Balaban J connectivity index is 1.78. The van der Waals surface area contributed by atoms with E-state index >= 15 is 0 Å². The van der Waals surface area contributed by atoms with E-state index in [0.29, 0.717) is 12.6 Å². The number of ether oxygens (including phenoxy) is 1. The molecule has 1 fully saturated rings. The van der Waals surface area contributed by atoms with E-state index in [0.717, 1.165) is 30.7 Å². The molecule has 0 radical (unpaired) electrons. The number of hydrogen-bond donors (Lipinski definition) is 2. The van der Waals surface area contributed by atoms with Crippen LogP contribution in [-0.4, -0.2) is 24.6 Å². The first kappa shape index (κ1) is 16.7. The van der Waals surface area contributed by atoms with Crippen LogP contribution < -0.4 is 15.4 Å². The summed E-state index contributed by atoms with van der Waals surface area (Å²) in [7, 11) is 0. The van der Waals surface area contributed by atoms with Crippen LogP contribution in [0, 0.1) is 0 Å². The minimum atomic E-state index is 0.0696. The van der Waals surface area contributed by atoms with Gasteiger partial charge in [-0.15, -0.1) is 0 Å². The highest BCUT2D eigenvalue weighted by Crippen LogP contribution is 2.19. The summed E-state index contributed by atoms with van der Waals surface area (Å²) in [6.45, 7) is 4.46. The fourth-order valence-electron chi connectivity index (χ4n) is 2.70. The normalized spacial score (nSPS) is 16.8. The fourth-order valence-corrected chi connectivity index (χ4v) is 2.70. The molecular formula is C18H28N2O2. The van der Waals surface area contributed by atoms with E-state index < -0.39 is 0 Å². The average molecular weight is 304 g/mol. The van der Waals surface area contributed by atoms with E-state index in [4.69, 9.17) is 4.74 Å². The van der Waals surface area contributed by atoms with Crippen LogP contribution in [0.2, 0.25) is 0 Å². The number of benzene rings is 1. The molecule has 122 valence electrons. The van der Waals surface area contributed by atoms with Gasteiger partial charge in [0.2, 0.25) is 5.91 Å². The second-order valence-corrected chi connectivity index (χ2v) is 6.12. The highest BCUT2D eigenvalue weighted by atomic mass is 16.5. The number of rotatable bonds is 7. The molecule has 0 saturated heterocycles. The van der Waals surface area contributed by atoms with E-state index in [1.165, 1.54) is 19.3 Å². The van der Waals surface area contributed by atoms with Gasteiger partial charge in [0.15, 0.2) is 0 Å². The van der Waals surface area contributed by atoms with E-state index in [1.807, 2.05) is 24.3 Å². The van der Waals surface area contributed by atoms with Gasteiger partial charge in [-0.1, -0.05) is 32.3 Å². The third-order valence-corrected chi connectivity index (χ3v) is 4.17. The van der Waals surface area contributed by atoms with Crippen molar-refractivity contribution in [3.05, 3.63) is 24.3 Å². The maximum absolute atomic E-state index is 12.0. The van der Waals surface area contributed by atoms with Crippen molar-refractivity contribution in [2.45, 2.75) is 64.5 Å². The van der Waals surface area contributed by atoms with Crippen LogP contribution in [0.1, 0.15) is 52.4 Å². The van der Waals surface area contributed by atoms with Crippen LogP contribution in [0.5, 0.6) is 5.75 Å². The zero-order valence-corrected chi connectivity index (χ0v) is 13.7. The summed E-state index contributed by atoms with van der Waals surface area (Å²) >= 11 is 0. The smallest absolute Gasteiger partial charge is 0.239 e. The molecule has 0 spiro atoms. The van der Waals surface area contributed by atoms with Crippen molar-refractivity contribution < 1.29 is 9.53 Å². The maximum atomic E-state index is 12.0. The highest BCUT2D eigenvalue weighted by Gasteiger charge is 2.15. The van der Waals surface area contributed by atoms with Crippen molar-refractivity contribution in [1.29, 1.82) is 0 Å². The summed E-state index contributed by atoms with van der Waals surface area (Å²) in [5, 5.41) is 6.29. The number of hydrogen-bond acceptors (Lipinski definition) is 3. The van der Waals surface area contributed by atoms with Crippen LogP contribution in [0.4, 0.5) is 5.69 Å². The molecule has 1 aliphatic carbocycles. The van der Waals surface area contributed by atoms with E-state index in [9.17, 15) is 4.79 Å². The predicted octanol–water partition coefficient (Wildman–Crippen LogP) is 3.72. The van der Waals surface area contributed by atoms with Gasteiger partial charge >= 0.3 is 0 Å². The van der Waals surface area contributed by atoms with Crippen molar-refractivity contribution in [1.82, 2.24) is 5.32 Å².